The fourth-order valence-electron chi connectivity index (χ4n) is 3.51. The Balaban J connectivity index is 1.87. The van der Waals surface area contributed by atoms with Crippen LogP contribution in [0.15, 0.2) is 38.6 Å². The average molecular weight is 526 g/mol. The number of aryl methyl sites for hydroxylation is 1. The van der Waals surface area contributed by atoms with Crippen molar-refractivity contribution in [3.63, 3.8) is 0 Å². The lowest BCUT2D eigenvalue weighted by molar-refractivity contribution is -0.204. The molecule has 0 amide bonds. The third kappa shape index (κ3) is 6.78. The van der Waals surface area contributed by atoms with Gasteiger partial charge in [0, 0.05) is 24.6 Å². The maximum absolute atomic E-state index is 13.1. The van der Waals surface area contributed by atoms with Crippen molar-refractivity contribution < 1.29 is 41.4 Å². The molecule has 0 aromatic carbocycles. The van der Waals surface area contributed by atoms with Crippen LogP contribution in [0.1, 0.15) is 49.0 Å². The van der Waals surface area contributed by atoms with E-state index >= 15 is 0 Å². The van der Waals surface area contributed by atoms with Gasteiger partial charge in [0.1, 0.15) is 25.5 Å². The SMILES string of the molecule is Cc1cn([C@H]2C[C@H](OCC#CCC(C)C)[C@@H](COC(=O)C(F)(F)F)O2)c(=O)n(C(=O)c2ccco2)c1=O. The molecule has 3 heterocycles. The molecule has 10 nitrogen and oxygen atoms in total. The van der Waals surface area contributed by atoms with Gasteiger partial charge < -0.3 is 18.6 Å². The minimum Gasteiger partial charge on any atom is -0.459 e. The van der Waals surface area contributed by atoms with Gasteiger partial charge >= 0.3 is 23.7 Å². The minimum absolute atomic E-state index is 0.0204. The molecule has 0 spiro atoms. The molecule has 200 valence electrons. The molecular formula is C24H25F3N2O8. The summed E-state index contributed by atoms with van der Waals surface area (Å²) >= 11 is 0. The molecule has 0 aliphatic carbocycles. The molecule has 0 N–H and O–H groups in total. The number of alkyl halides is 3. The lowest BCUT2D eigenvalue weighted by atomic mass is 10.1. The molecule has 37 heavy (non-hydrogen) atoms. The number of furan rings is 1. The van der Waals surface area contributed by atoms with Gasteiger partial charge in [-0.15, -0.1) is 5.92 Å². The summed E-state index contributed by atoms with van der Waals surface area (Å²) in [5.41, 5.74) is -1.90. The highest BCUT2D eigenvalue weighted by atomic mass is 19.4. The van der Waals surface area contributed by atoms with Gasteiger partial charge in [-0.05, 0) is 25.0 Å². The number of nitrogens with zero attached hydrogens (tertiary/aromatic N) is 2. The van der Waals surface area contributed by atoms with Crippen LogP contribution in [-0.2, 0) is 19.0 Å². The molecule has 3 atom stereocenters. The summed E-state index contributed by atoms with van der Waals surface area (Å²) in [4.78, 5) is 49.6. The van der Waals surface area contributed by atoms with E-state index in [1.165, 1.54) is 31.5 Å². The minimum atomic E-state index is -5.20. The zero-order chi connectivity index (χ0) is 27.3. The van der Waals surface area contributed by atoms with E-state index in [4.69, 9.17) is 13.9 Å². The van der Waals surface area contributed by atoms with Crippen LogP contribution in [0, 0.1) is 24.7 Å². The molecule has 13 heteroatoms. The van der Waals surface area contributed by atoms with E-state index < -0.39 is 54.3 Å². The third-order valence-electron chi connectivity index (χ3n) is 5.33. The molecule has 1 aliphatic heterocycles. The molecule has 0 saturated carbocycles. The van der Waals surface area contributed by atoms with E-state index in [1.807, 2.05) is 13.8 Å². The van der Waals surface area contributed by atoms with Crippen LogP contribution in [0.4, 0.5) is 13.2 Å². The van der Waals surface area contributed by atoms with Crippen molar-refractivity contribution >= 4 is 11.9 Å². The Morgan fingerprint density at radius 2 is 1.97 bits per heavy atom. The molecule has 1 fully saturated rings. The van der Waals surface area contributed by atoms with E-state index in [1.54, 1.807) is 0 Å². The Labute approximate surface area is 208 Å². The van der Waals surface area contributed by atoms with Gasteiger partial charge in [-0.3, -0.25) is 14.2 Å². The number of esters is 1. The van der Waals surface area contributed by atoms with Gasteiger partial charge in [-0.1, -0.05) is 19.8 Å². The largest absolute Gasteiger partial charge is 0.490 e. The predicted octanol–water partition coefficient (Wildman–Crippen LogP) is 2.43. The summed E-state index contributed by atoms with van der Waals surface area (Å²) in [5, 5.41) is 0. The highest BCUT2D eigenvalue weighted by molar-refractivity contribution is 5.93. The normalized spacial score (nSPS) is 19.5. The van der Waals surface area contributed by atoms with E-state index in [0.717, 1.165) is 4.57 Å². The van der Waals surface area contributed by atoms with Crippen LogP contribution < -0.4 is 11.2 Å². The first-order valence-electron chi connectivity index (χ1n) is 11.3. The van der Waals surface area contributed by atoms with E-state index in [0.29, 0.717) is 16.9 Å². The molecule has 0 radical (unpaired) electrons. The predicted molar refractivity (Wildman–Crippen MR) is 121 cm³/mol. The van der Waals surface area contributed by atoms with E-state index in [9.17, 15) is 32.3 Å². The molecule has 2 aromatic heterocycles. The summed E-state index contributed by atoms with van der Waals surface area (Å²) < 4.78 is 59.9. The maximum atomic E-state index is 13.1. The van der Waals surface area contributed by atoms with Crippen LogP contribution in [-0.4, -0.2) is 52.6 Å². The number of aromatic nitrogens is 2. The number of hydrogen-bond donors (Lipinski definition) is 0. The van der Waals surface area contributed by atoms with Gasteiger partial charge in [-0.2, -0.15) is 17.7 Å². The number of ether oxygens (including phenoxy) is 3. The maximum Gasteiger partial charge on any atom is 0.490 e. The van der Waals surface area contributed by atoms with E-state index in [-0.39, 0.29) is 24.4 Å². The Kier molecular flexibility index (Phi) is 8.77. The number of carbonyl (C=O) groups excluding carboxylic acids is 2. The van der Waals surface area contributed by atoms with Crippen molar-refractivity contribution in [2.75, 3.05) is 13.2 Å². The average Bonchev–Trinajstić information content (AvgIpc) is 3.49. The number of hydrogen-bond acceptors (Lipinski definition) is 8. The van der Waals surface area contributed by atoms with Crippen molar-refractivity contribution in [3.8, 4) is 11.8 Å². The van der Waals surface area contributed by atoms with Crippen LogP contribution in [0.5, 0.6) is 0 Å². The fraction of sp³-hybridized carbons (Fsp3) is 0.500. The Morgan fingerprint density at radius 3 is 2.59 bits per heavy atom. The summed E-state index contributed by atoms with van der Waals surface area (Å²) in [6, 6.07) is 2.69. The standard InChI is InChI=1S/C24H25F3N2O8/c1-14(2)7-4-5-9-35-17-11-19(37-18(17)13-36-22(32)24(25,26)27)28-12-15(3)20(30)29(23(28)33)21(31)16-8-6-10-34-16/h6,8,10,12,14,17-19H,7,9,11,13H2,1-3H3/t17-,18+,19+/m0/s1. The van der Waals surface area contributed by atoms with Crippen molar-refractivity contribution in [3.05, 3.63) is 56.8 Å². The fourth-order valence-corrected chi connectivity index (χ4v) is 3.51. The van der Waals surface area contributed by atoms with Crippen molar-refractivity contribution in [2.24, 2.45) is 5.92 Å². The topological polar surface area (TPSA) is 119 Å². The molecule has 0 bridgehead atoms. The summed E-state index contributed by atoms with van der Waals surface area (Å²) in [6.07, 6.45) is -5.52. The summed E-state index contributed by atoms with van der Waals surface area (Å²) in [7, 11) is 0. The number of rotatable bonds is 7. The quantitative estimate of drug-likeness (QED) is 0.399. The smallest absolute Gasteiger partial charge is 0.459 e. The van der Waals surface area contributed by atoms with Crippen molar-refractivity contribution in [2.45, 2.75) is 58.2 Å². The molecule has 1 aliphatic rings. The Morgan fingerprint density at radius 1 is 1.24 bits per heavy atom. The second-order valence-electron chi connectivity index (χ2n) is 8.69. The highest BCUT2D eigenvalue weighted by Gasteiger charge is 2.44. The van der Waals surface area contributed by atoms with Crippen molar-refractivity contribution in [1.29, 1.82) is 0 Å². The lowest BCUT2D eigenvalue weighted by Crippen LogP contribution is -2.45. The van der Waals surface area contributed by atoms with E-state index in [2.05, 4.69) is 16.6 Å². The van der Waals surface area contributed by atoms with Crippen LogP contribution in [0.3, 0.4) is 0 Å². The van der Waals surface area contributed by atoms with Gasteiger partial charge in [0.25, 0.3) is 5.56 Å². The van der Waals surface area contributed by atoms with Crippen LogP contribution >= 0.6 is 0 Å². The van der Waals surface area contributed by atoms with Gasteiger partial charge in [-0.25, -0.2) is 9.59 Å². The monoisotopic (exact) mass is 526 g/mol. The van der Waals surface area contributed by atoms with Gasteiger partial charge in [0.05, 0.1) is 12.4 Å². The van der Waals surface area contributed by atoms with Gasteiger partial charge in [0.2, 0.25) is 0 Å². The molecule has 2 aromatic rings. The second kappa shape index (κ2) is 11.6. The molecule has 0 unspecified atom stereocenters. The molecule has 3 rings (SSSR count). The number of carbonyl (C=O) groups is 2. The Hall–Kier alpha value is -3.63. The van der Waals surface area contributed by atoms with Gasteiger partial charge in [0.15, 0.2) is 5.76 Å². The lowest BCUT2D eigenvalue weighted by Gasteiger charge is -2.19. The molecular weight excluding hydrogens is 501 g/mol. The molecule has 1 saturated heterocycles. The van der Waals surface area contributed by atoms with Crippen molar-refractivity contribution in [1.82, 2.24) is 9.13 Å². The summed E-state index contributed by atoms with van der Waals surface area (Å²) in [5.74, 6) is 2.37. The van der Waals surface area contributed by atoms with Crippen LogP contribution in [0.25, 0.3) is 0 Å². The first-order chi connectivity index (χ1) is 17.4. The third-order valence-corrected chi connectivity index (χ3v) is 5.33. The summed E-state index contributed by atoms with van der Waals surface area (Å²) in [6.45, 7) is 4.44. The number of halogens is 3. The second-order valence-corrected chi connectivity index (χ2v) is 8.69. The zero-order valence-electron chi connectivity index (χ0n) is 20.2. The first kappa shape index (κ1) is 27.9. The Bertz CT molecular complexity index is 1300. The zero-order valence-corrected chi connectivity index (χ0v) is 20.2. The first-order valence-corrected chi connectivity index (χ1v) is 11.3. The van der Waals surface area contributed by atoms with Crippen LogP contribution in [0.2, 0.25) is 0 Å². The highest BCUT2D eigenvalue weighted by Crippen LogP contribution is 2.31.